The van der Waals surface area contributed by atoms with Crippen molar-refractivity contribution in [2.24, 2.45) is 0 Å². The fourth-order valence-electron chi connectivity index (χ4n) is 3.65. The van der Waals surface area contributed by atoms with E-state index in [1.54, 1.807) is 6.20 Å². The van der Waals surface area contributed by atoms with E-state index in [0.29, 0.717) is 24.6 Å². The second-order valence-electron chi connectivity index (χ2n) is 6.63. The molecule has 0 radical (unpaired) electrons. The molecular weight excluding hydrogens is 326 g/mol. The van der Waals surface area contributed by atoms with Gasteiger partial charge in [-0.15, -0.1) is 0 Å². The minimum Gasteiger partial charge on any atom is -0.478 e. The van der Waals surface area contributed by atoms with Crippen LogP contribution in [0.5, 0.6) is 5.88 Å². The number of carbonyl (C=O) groups excluding carboxylic acids is 1. The fourth-order valence-corrected chi connectivity index (χ4v) is 3.65. The maximum absolute atomic E-state index is 12.6. The minimum atomic E-state index is -0.0797. The van der Waals surface area contributed by atoms with Crippen LogP contribution < -0.4 is 10.1 Å². The van der Waals surface area contributed by atoms with Crippen LogP contribution in [-0.2, 0) is 19.4 Å². The number of nitrogens with zero attached hydrogens (tertiary/aromatic N) is 1. The highest BCUT2D eigenvalue weighted by atomic mass is 16.5. The van der Waals surface area contributed by atoms with Gasteiger partial charge in [0.15, 0.2) is 0 Å². The smallest absolute Gasteiger partial charge is 0.251 e. The van der Waals surface area contributed by atoms with Crippen LogP contribution in [0, 0.1) is 0 Å². The molecule has 2 aromatic heterocycles. The third-order valence-corrected chi connectivity index (χ3v) is 4.93. The number of amides is 1. The molecule has 0 bridgehead atoms. The molecule has 0 spiro atoms. The Kier molecular flexibility index (Phi) is 4.61. The zero-order chi connectivity index (χ0) is 17.9. The van der Waals surface area contributed by atoms with E-state index in [0.717, 1.165) is 23.9 Å². The first-order valence-corrected chi connectivity index (χ1v) is 9.24. The predicted molar refractivity (Wildman–Crippen MR) is 102 cm³/mol. The number of ether oxygens (including phenoxy) is 1. The van der Waals surface area contributed by atoms with Gasteiger partial charge in [-0.2, -0.15) is 0 Å². The Morgan fingerprint density at radius 2 is 2.15 bits per heavy atom. The molecule has 2 N–H and O–H groups in total. The average molecular weight is 349 g/mol. The summed E-state index contributed by atoms with van der Waals surface area (Å²) < 4.78 is 5.52. The van der Waals surface area contributed by atoms with Crippen molar-refractivity contribution in [1.29, 1.82) is 0 Å². The standard InChI is InChI=1S/C21H23N3O2/c1-2-26-21-15(6-5-11-22-21)13-23-20(25)14-9-10-19-17(12-14)16-7-3-4-8-18(16)24-19/h5-6,9-12,24H,2-4,7-8,13H2,1H3,(H,23,25). The molecule has 0 saturated carbocycles. The first kappa shape index (κ1) is 16.6. The van der Waals surface area contributed by atoms with Gasteiger partial charge in [-0.1, -0.05) is 6.07 Å². The van der Waals surface area contributed by atoms with Gasteiger partial charge in [0.05, 0.1) is 6.61 Å². The molecule has 1 aromatic carbocycles. The van der Waals surface area contributed by atoms with Crippen LogP contribution in [0.3, 0.4) is 0 Å². The molecule has 1 amide bonds. The Morgan fingerprint density at radius 3 is 3.04 bits per heavy atom. The molecule has 0 aliphatic heterocycles. The molecule has 3 aromatic rings. The second kappa shape index (κ2) is 7.20. The summed E-state index contributed by atoms with van der Waals surface area (Å²) in [5, 5.41) is 4.17. The van der Waals surface area contributed by atoms with Crippen LogP contribution in [0.15, 0.2) is 36.5 Å². The zero-order valence-corrected chi connectivity index (χ0v) is 15.0. The lowest BCUT2D eigenvalue weighted by Gasteiger charge is -2.11. The molecule has 2 heterocycles. The van der Waals surface area contributed by atoms with E-state index < -0.39 is 0 Å². The number of rotatable bonds is 5. The van der Waals surface area contributed by atoms with Gasteiger partial charge < -0.3 is 15.0 Å². The topological polar surface area (TPSA) is 67.0 Å². The van der Waals surface area contributed by atoms with Gasteiger partial charge in [0, 0.05) is 40.5 Å². The van der Waals surface area contributed by atoms with E-state index in [2.05, 4.69) is 15.3 Å². The number of fused-ring (bicyclic) bond motifs is 3. The van der Waals surface area contributed by atoms with Crippen molar-refractivity contribution in [2.45, 2.75) is 39.2 Å². The Balaban J connectivity index is 1.53. The maximum atomic E-state index is 12.6. The quantitative estimate of drug-likeness (QED) is 0.737. The summed E-state index contributed by atoms with van der Waals surface area (Å²) in [6.45, 7) is 2.86. The maximum Gasteiger partial charge on any atom is 0.251 e. The summed E-state index contributed by atoms with van der Waals surface area (Å²) in [5.74, 6) is 0.495. The van der Waals surface area contributed by atoms with Gasteiger partial charge in [0.25, 0.3) is 5.91 Å². The molecule has 0 atom stereocenters. The molecule has 5 heteroatoms. The van der Waals surface area contributed by atoms with E-state index in [1.807, 2.05) is 37.3 Å². The molecule has 0 unspecified atom stereocenters. The highest BCUT2D eigenvalue weighted by Gasteiger charge is 2.17. The van der Waals surface area contributed by atoms with E-state index >= 15 is 0 Å². The number of hydrogen-bond acceptors (Lipinski definition) is 3. The van der Waals surface area contributed by atoms with E-state index in [1.165, 1.54) is 29.5 Å². The summed E-state index contributed by atoms with van der Waals surface area (Å²) >= 11 is 0. The molecular formula is C21H23N3O2. The summed E-state index contributed by atoms with van der Waals surface area (Å²) in [6, 6.07) is 9.68. The minimum absolute atomic E-state index is 0.0797. The van der Waals surface area contributed by atoms with Crippen molar-refractivity contribution in [3.05, 3.63) is 58.9 Å². The van der Waals surface area contributed by atoms with Gasteiger partial charge in [-0.05, 0) is 62.4 Å². The molecule has 4 rings (SSSR count). The lowest BCUT2D eigenvalue weighted by Crippen LogP contribution is -2.23. The highest BCUT2D eigenvalue weighted by molar-refractivity contribution is 5.99. The van der Waals surface area contributed by atoms with Gasteiger partial charge in [-0.25, -0.2) is 4.98 Å². The van der Waals surface area contributed by atoms with Crippen molar-refractivity contribution < 1.29 is 9.53 Å². The number of aromatic nitrogens is 2. The van der Waals surface area contributed by atoms with Gasteiger partial charge >= 0.3 is 0 Å². The molecule has 134 valence electrons. The van der Waals surface area contributed by atoms with Crippen LogP contribution in [0.2, 0.25) is 0 Å². The summed E-state index contributed by atoms with van der Waals surface area (Å²) in [5.41, 5.74) is 5.40. The summed E-state index contributed by atoms with van der Waals surface area (Å²) in [7, 11) is 0. The molecule has 1 aliphatic carbocycles. The average Bonchev–Trinajstić information content (AvgIpc) is 3.05. The third-order valence-electron chi connectivity index (χ3n) is 4.93. The SMILES string of the molecule is CCOc1ncccc1CNC(=O)c1ccc2[nH]c3c(c2c1)CCCC3. The van der Waals surface area contributed by atoms with E-state index in [-0.39, 0.29) is 5.91 Å². The van der Waals surface area contributed by atoms with Crippen molar-refractivity contribution in [1.82, 2.24) is 15.3 Å². The predicted octanol–water partition coefficient (Wildman–Crippen LogP) is 3.77. The Labute approximate surface area is 152 Å². The monoisotopic (exact) mass is 349 g/mol. The number of hydrogen-bond donors (Lipinski definition) is 2. The number of benzene rings is 1. The van der Waals surface area contributed by atoms with E-state index in [9.17, 15) is 4.79 Å². The van der Waals surface area contributed by atoms with Crippen LogP contribution in [0.25, 0.3) is 10.9 Å². The van der Waals surface area contributed by atoms with Crippen LogP contribution in [0.1, 0.15) is 46.9 Å². The molecule has 5 nitrogen and oxygen atoms in total. The second-order valence-corrected chi connectivity index (χ2v) is 6.63. The number of pyridine rings is 1. The largest absolute Gasteiger partial charge is 0.478 e. The molecule has 26 heavy (non-hydrogen) atoms. The van der Waals surface area contributed by atoms with Crippen molar-refractivity contribution in [3.63, 3.8) is 0 Å². The number of carbonyl (C=O) groups is 1. The summed E-state index contributed by atoms with van der Waals surface area (Å²) in [4.78, 5) is 20.4. The summed E-state index contributed by atoms with van der Waals surface area (Å²) in [6.07, 6.45) is 6.35. The van der Waals surface area contributed by atoms with Crippen molar-refractivity contribution >= 4 is 16.8 Å². The normalized spacial score (nSPS) is 13.4. The number of aryl methyl sites for hydroxylation is 2. The molecule has 0 saturated heterocycles. The highest BCUT2D eigenvalue weighted by Crippen LogP contribution is 2.29. The van der Waals surface area contributed by atoms with Crippen LogP contribution in [0.4, 0.5) is 0 Å². The third kappa shape index (κ3) is 3.17. The van der Waals surface area contributed by atoms with E-state index in [4.69, 9.17) is 4.74 Å². The molecule has 1 aliphatic rings. The molecule has 0 fully saturated rings. The van der Waals surface area contributed by atoms with Crippen molar-refractivity contribution in [2.75, 3.05) is 6.61 Å². The fraction of sp³-hybridized carbons (Fsp3) is 0.333. The Bertz CT molecular complexity index is 946. The van der Waals surface area contributed by atoms with Gasteiger partial charge in [0.1, 0.15) is 0 Å². The Morgan fingerprint density at radius 1 is 1.27 bits per heavy atom. The van der Waals surface area contributed by atoms with Crippen molar-refractivity contribution in [3.8, 4) is 5.88 Å². The zero-order valence-electron chi connectivity index (χ0n) is 15.0. The first-order chi connectivity index (χ1) is 12.8. The van der Waals surface area contributed by atoms with Gasteiger partial charge in [0.2, 0.25) is 5.88 Å². The lowest BCUT2D eigenvalue weighted by atomic mass is 9.95. The number of H-pyrrole nitrogens is 1. The number of aromatic amines is 1. The van der Waals surface area contributed by atoms with Gasteiger partial charge in [-0.3, -0.25) is 4.79 Å². The lowest BCUT2D eigenvalue weighted by molar-refractivity contribution is 0.0950. The van der Waals surface area contributed by atoms with Crippen LogP contribution in [-0.4, -0.2) is 22.5 Å². The van der Waals surface area contributed by atoms with Crippen LogP contribution >= 0.6 is 0 Å². The Hall–Kier alpha value is -2.82. The first-order valence-electron chi connectivity index (χ1n) is 9.24. The number of nitrogens with one attached hydrogen (secondary N) is 2.